The smallest absolute Gasteiger partial charge is 0.141 e. The largest absolute Gasteiger partial charge is 0.378 e. The van der Waals surface area contributed by atoms with Gasteiger partial charge in [0.2, 0.25) is 0 Å². The van der Waals surface area contributed by atoms with Crippen molar-refractivity contribution in [3.05, 3.63) is 34.8 Å². The number of hydrogen-bond acceptors (Lipinski definition) is 3. The van der Waals surface area contributed by atoms with Gasteiger partial charge in [-0.1, -0.05) is 0 Å². The topological polar surface area (TPSA) is 39.9 Å². The lowest BCUT2D eigenvalue weighted by Crippen LogP contribution is -2.10. The van der Waals surface area contributed by atoms with Crippen LogP contribution in [0.2, 0.25) is 0 Å². The maximum atomic E-state index is 12.9. The zero-order valence-corrected chi connectivity index (χ0v) is 12.5. The van der Waals surface area contributed by atoms with Gasteiger partial charge in [0, 0.05) is 19.3 Å². The van der Waals surface area contributed by atoms with Crippen molar-refractivity contribution in [2.24, 2.45) is 0 Å². The third-order valence-electron chi connectivity index (χ3n) is 3.39. The Morgan fingerprint density at radius 2 is 2.35 bits per heavy atom. The van der Waals surface area contributed by atoms with Gasteiger partial charge in [0.25, 0.3) is 0 Å². The highest BCUT2D eigenvalue weighted by Crippen LogP contribution is 2.25. The molecule has 1 saturated heterocycles. The molecule has 0 saturated carbocycles. The molecule has 6 heteroatoms. The Morgan fingerprint density at radius 3 is 3.05 bits per heavy atom. The number of hydrogen-bond donors (Lipinski definition) is 0. The van der Waals surface area contributed by atoms with Crippen LogP contribution in [0.3, 0.4) is 0 Å². The van der Waals surface area contributed by atoms with Gasteiger partial charge in [0.1, 0.15) is 11.5 Å². The first-order chi connectivity index (χ1) is 9.72. The molecule has 0 spiro atoms. The van der Waals surface area contributed by atoms with Crippen LogP contribution in [0.25, 0.3) is 11.4 Å². The maximum absolute atomic E-state index is 12.9. The second-order valence-electron chi connectivity index (χ2n) is 4.87. The first kappa shape index (κ1) is 13.7. The predicted molar refractivity (Wildman–Crippen MR) is 76.7 cm³/mol. The van der Waals surface area contributed by atoms with E-state index in [0.29, 0.717) is 11.8 Å². The summed E-state index contributed by atoms with van der Waals surface area (Å²) in [5.74, 6) is -0.345. The van der Waals surface area contributed by atoms with Gasteiger partial charge in [-0.3, -0.25) is 9.67 Å². The summed E-state index contributed by atoms with van der Waals surface area (Å²) in [5, 5.41) is 4.50. The minimum Gasteiger partial charge on any atom is -0.378 e. The van der Waals surface area contributed by atoms with E-state index in [-0.39, 0.29) is 5.82 Å². The van der Waals surface area contributed by atoms with E-state index in [1.54, 1.807) is 6.07 Å². The van der Waals surface area contributed by atoms with Crippen molar-refractivity contribution >= 4 is 15.9 Å². The first-order valence-electron chi connectivity index (χ1n) is 6.69. The van der Waals surface area contributed by atoms with E-state index in [4.69, 9.17) is 4.74 Å². The molecule has 1 aliphatic heterocycles. The number of nitrogens with zero attached hydrogens (tertiary/aromatic N) is 3. The molecular weight excluding hydrogens is 325 g/mol. The van der Waals surface area contributed by atoms with Crippen LogP contribution in [-0.2, 0) is 11.3 Å². The molecule has 0 N–H and O–H groups in total. The Balaban J connectivity index is 1.71. The van der Waals surface area contributed by atoms with E-state index in [0.717, 1.165) is 42.6 Å². The molecule has 0 amide bonds. The van der Waals surface area contributed by atoms with E-state index in [9.17, 15) is 4.39 Å². The van der Waals surface area contributed by atoms with Gasteiger partial charge in [-0.15, -0.1) is 0 Å². The molecule has 0 bridgehead atoms. The van der Waals surface area contributed by atoms with E-state index in [1.807, 2.05) is 10.9 Å². The van der Waals surface area contributed by atoms with Crippen LogP contribution in [0.4, 0.5) is 4.39 Å². The van der Waals surface area contributed by atoms with Crippen molar-refractivity contribution in [2.75, 3.05) is 6.61 Å². The highest BCUT2D eigenvalue weighted by molar-refractivity contribution is 9.10. The van der Waals surface area contributed by atoms with Crippen LogP contribution in [0.15, 0.2) is 29.0 Å². The third-order valence-corrected chi connectivity index (χ3v) is 3.97. The summed E-state index contributed by atoms with van der Waals surface area (Å²) in [6, 6.07) is 3.02. The van der Waals surface area contributed by atoms with Crippen LogP contribution < -0.4 is 0 Å². The maximum Gasteiger partial charge on any atom is 0.141 e. The molecule has 2 aromatic rings. The molecule has 0 aromatic carbocycles. The number of pyridine rings is 1. The quantitative estimate of drug-likeness (QED) is 0.856. The number of halogens is 2. The number of ether oxygens (including phenoxy) is 1. The fourth-order valence-corrected chi connectivity index (χ4v) is 2.87. The van der Waals surface area contributed by atoms with Crippen molar-refractivity contribution in [3.8, 4) is 11.4 Å². The monoisotopic (exact) mass is 339 g/mol. The van der Waals surface area contributed by atoms with E-state index >= 15 is 0 Å². The molecule has 0 aliphatic carbocycles. The Labute approximate surface area is 125 Å². The van der Waals surface area contributed by atoms with Crippen molar-refractivity contribution < 1.29 is 9.13 Å². The second-order valence-corrected chi connectivity index (χ2v) is 5.73. The summed E-state index contributed by atoms with van der Waals surface area (Å²) in [6.45, 7) is 1.68. The van der Waals surface area contributed by atoms with Gasteiger partial charge in [0.15, 0.2) is 0 Å². The summed E-state index contributed by atoms with van der Waals surface area (Å²) in [6.07, 6.45) is 6.73. The first-order valence-corrected chi connectivity index (χ1v) is 7.48. The fraction of sp³-hybridized carbons (Fsp3) is 0.429. The average molecular weight is 340 g/mol. The van der Waals surface area contributed by atoms with Crippen LogP contribution >= 0.6 is 15.9 Å². The van der Waals surface area contributed by atoms with Gasteiger partial charge in [-0.05, 0) is 47.3 Å². The lowest BCUT2D eigenvalue weighted by atomic mass is 10.2. The van der Waals surface area contributed by atoms with Crippen LogP contribution in [0, 0.1) is 5.82 Å². The lowest BCUT2D eigenvalue weighted by Gasteiger charge is -2.08. The van der Waals surface area contributed by atoms with Crippen molar-refractivity contribution in [3.63, 3.8) is 0 Å². The Morgan fingerprint density at radius 1 is 1.45 bits per heavy atom. The van der Waals surface area contributed by atoms with Gasteiger partial charge in [0.05, 0.1) is 22.5 Å². The molecule has 1 unspecified atom stereocenters. The standard InChI is InChI=1S/C14H15BrFN3O/c15-12-9-19(6-5-11-2-1-7-20-11)18-14(12)13-4-3-10(16)8-17-13/h3-4,8-9,11H,1-2,5-7H2. The van der Waals surface area contributed by atoms with Gasteiger partial charge < -0.3 is 4.74 Å². The molecule has 4 nitrogen and oxygen atoms in total. The summed E-state index contributed by atoms with van der Waals surface area (Å²) in [5.41, 5.74) is 1.39. The molecule has 3 heterocycles. The number of aromatic nitrogens is 3. The minimum atomic E-state index is -0.345. The molecular formula is C14H15BrFN3O. The Kier molecular flexibility index (Phi) is 4.12. The van der Waals surface area contributed by atoms with E-state index in [1.165, 1.54) is 12.3 Å². The Hall–Kier alpha value is -1.27. The SMILES string of the molecule is Fc1ccc(-c2nn(CCC3CCCO3)cc2Br)nc1. The highest BCUT2D eigenvalue weighted by atomic mass is 79.9. The molecule has 20 heavy (non-hydrogen) atoms. The summed E-state index contributed by atoms with van der Waals surface area (Å²) < 4.78 is 21.2. The highest BCUT2D eigenvalue weighted by Gasteiger charge is 2.16. The van der Waals surface area contributed by atoms with Gasteiger partial charge >= 0.3 is 0 Å². The zero-order chi connectivity index (χ0) is 13.9. The lowest BCUT2D eigenvalue weighted by molar-refractivity contribution is 0.0994. The van der Waals surface area contributed by atoms with Crippen molar-refractivity contribution in [2.45, 2.75) is 31.9 Å². The third kappa shape index (κ3) is 3.07. The van der Waals surface area contributed by atoms with E-state index < -0.39 is 0 Å². The van der Waals surface area contributed by atoms with Gasteiger partial charge in [-0.25, -0.2) is 4.39 Å². The second kappa shape index (κ2) is 6.01. The number of rotatable bonds is 4. The van der Waals surface area contributed by atoms with Crippen LogP contribution in [0.5, 0.6) is 0 Å². The van der Waals surface area contributed by atoms with Crippen LogP contribution in [-0.4, -0.2) is 27.5 Å². The molecule has 1 aliphatic rings. The fourth-order valence-electron chi connectivity index (χ4n) is 2.35. The molecule has 1 atom stereocenters. The summed E-state index contributed by atoms with van der Waals surface area (Å²) in [7, 11) is 0. The molecule has 1 fully saturated rings. The minimum absolute atomic E-state index is 0.345. The predicted octanol–water partition coefficient (Wildman–Crippen LogP) is 3.42. The molecule has 2 aromatic heterocycles. The van der Waals surface area contributed by atoms with E-state index in [2.05, 4.69) is 26.0 Å². The van der Waals surface area contributed by atoms with Crippen molar-refractivity contribution in [1.29, 1.82) is 0 Å². The Bertz CT molecular complexity index is 579. The zero-order valence-electron chi connectivity index (χ0n) is 10.9. The summed E-state index contributed by atoms with van der Waals surface area (Å²) >= 11 is 3.48. The van der Waals surface area contributed by atoms with Gasteiger partial charge in [-0.2, -0.15) is 5.10 Å². The average Bonchev–Trinajstić information content (AvgIpc) is 3.07. The van der Waals surface area contributed by atoms with Crippen LogP contribution in [0.1, 0.15) is 19.3 Å². The molecule has 106 valence electrons. The molecule has 0 radical (unpaired) electrons. The number of aryl methyl sites for hydroxylation is 1. The summed E-state index contributed by atoms with van der Waals surface area (Å²) in [4.78, 5) is 4.05. The van der Waals surface area contributed by atoms with Crippen molar-refractivity contribution in [1.82, 2.24) is 14.8 Å². The normalized spacial score (nSPS) is 18.6. The molecule has 3 rings (SSSR count).